The Morgan fingerprint density at radius 1 is 1.32 bits per heavy atom. The Hall–Kier alpha value is -1.99. The molecule has 134 valence electrons. The molecule has 2 aromatic heterocycles. The lowest BCUT2D eigenvalue weighted by Crippen LogP contribution is -2.52. The van der Waals surface area contributed by atoms with Crippen LogP contribution in [-0.4, -0.2) is 62.2 Å². The Balaban J connectivity index is 1.40. The Kier molecular flexibility index (Phi) is 6.36. The van der Waals surface area contributed by atoms with Crippen molar-refractivity contribution < 1.29 is 4.74 Å². The fourth-order valence-electron chi connectivity index (χ4n) is 2.69. The number of nitrogens with zero attached hydrogens (tertiary/aromatic N) is 4. The molecule has 1 aliphatic heterocycles. The summed E-state index contributed by atoms with van der Waals surface area (Å²) in [4.78, 5) is 13.2. The van der Waals surface area contributed by atoms with Crippen molar-refractivity contribution in [3.05, 3.63) is 40.9 Å². The molecule has 0 aliphatic carbocycles. The first-order valence-electron chi connectivity index (χ1n) is 8.24. The number of hydrogen-bond acceptors (Lipinski definition) is 5. The molecule has 0 atom stereocenters. The molecule has 0 saturated carbocycles. The van der Waals surface area contributed by atoms with Crippen LogP contribution in [0.2, 0.25) is 5.02 Å². The van der Waals surface area contributed by atoms with E-state index in [0.717, 1.165) is 32.1 Å². The molecule has 6 nitrogen and oxygen atoms in total. The predicted octanol–water partition coefficient (Wildman–Crippen LogP) is 2.57. The summed E-state index contributed by atoms with van der Waals surface area (Å²) in [7, 11) is 1.82. The molecule has 2 aromatic rings. The predicted molar refractivity (Wildman–Crippen MR) is 104 cm³/mol. The summed E-state index contributed by atoms with van der Waals surface area (Å²) in [6.07, 6.45) is 1.58. The summed E-state index contributed by atoms with van der Waals surface area (Å²) in [5.41, 5.74) is 0. The molecule has 0 bridgehead atoms. The lowest BCUT2D eigenvalue weighted by molar-refractivity contribution is 0.304. The quantitative estimate of drug-likeness (QED) is 0.491. The number of rotatable bonds is 5. The molecule has 0 aromatic carbocycles. The first-order chi connectivity index (χ1) is 12.3. The van der Waals surface area contributed by atoms with Crippen molar-refractivity contribution in [3.8, 4) is 5.88 Å². The maximum absolute atomic E-state index is 5.81. The number of guanidine groups is 1. The fourth-order valence-corrected chi connectivity index (χ4v) is 3.58. The second-order valence-electron chi connectivity index (χ2n) is 5.56. The number of anilines is 1. The van der Waals surface area contributed by atoms with Gasteiger partial charge in [0.1, 0.15) is 6.61 Å². The van der Waals surface area contributed by atoms with Gasteiger partial charge in [0.25, 0.3) is 0 Å². The van der Waals surface area contributed by atoms with Crippen molar-refractivity contribution in [1.29, 1.82) is 0 Å². The third kappa shape index (κ3) is 4.99. The van der Waals surface area contributed by atoms with Gasteiger partial charge >= 0.3 is 0 Å². The smallest absolute Gasteiger partial charge is 0.213 e. The van der Waals surface area contributed by atoms with E-state index < -0.39 is 0 Å². The second kappa shape index (κ2) is 8.92. The highest BCUT2D eigenvalue weighted by molar-refractivity contribution is 7.14. The van der Waals surface area contributed by atoms with E-state index in [1.807, 2.05) is 7.05 Å². The van der Waals surface area contributed by atoms with E-state index in [1.54, 1.807) is 29.7 Å². The summed E-state index contributed by atoms with van der Waals surface area (Å²) in [5, 5.41) is 7.42. The molecule has 25 heavy (non-hydrogen) atoms. The van der Waals surface area contributed by atoms with Gasteiger partial charge in [0.2, 0.25) is 5.88 Å². The number of thiophene rings is 1. The Morgan fingerprint density at radius 2 is 2.16 bits per heavy atom. The molecular weight excluding hydrogens is 358 g/mol. The molecule has 0 spiro atoms. The van der Waals surface area contributed by atoms with Crippen LogP contribution < -0.4 is 15.0 Å². The highest BCUT2D eigenvalue weighted by Crippen LogP contribution is 2.22. The number of nitrogens with one attached hydrogen (secondary N) is 1. The third-order valence-corrected chi connectivity index (χ3v) is 5.10. The minimum atomic E-state index is 0.517. The number of piperazine rings is 1. The zero-order chi connectivity index (χ0) is 17.5. The van der Waals surface area contributed by atoms with Gasteiger partial charge in [-0.3, -0.25) is 4.99 Å². The summed E-state index contributed by atoms with van der Waals surface area (Å²) in [6, 6.07) is 7.81. The van der Waals surface area contributed by atoms with Gasteiger partial charge in [0.15, 0.2) is 5.96 Å². The number of hydrogen-bond donors (Lipinski definition) is 1. The largest absolute Gasteiger partial charge is 0.476 e. The van der Waals surface area contributed by atoms with Crippen LogP contribution in [0, 0.1) is 0 Å². The van der Waals surface area contributed by atoms with Gasteiger partial charge in [0, 0.05) is 45.5 Å². The maximum Gasteiger partial charge on any atom is 0.213 e. The number of pyridine rings is 1. The highest BCUT2D eigenvalue weighted by atomic mass is 35.5. The molecule has 1 aliphatic rings. The van der Waals surface area contributed by atoms with E-state index in [-0.39, 0.29) is 0 Å². The standard InChI is InChI=1S/C17H22ClN5OS/c1-19-17(20-6-11-24-15-5-4-14(18)13-21-15)23-9-7-22(8-10-23)16-3-2-12-25-16/h2-5,12-13H,6-11H2,1H3,(H,19,20). The van der Waals surface area contributed by atoms with E-state index in [9.17, 15) is 0 Å². The first kappa shape index (κ1) is 17.8. The SMILES string of the molecule is CN=C(NCCOc1ccc(Cl)cn1)N1CCN(c2cccs2)CC1. The van der Waals surface area contributed by atoms with Crippen LogP contribution in [-0.2, 0) is 0 Å². The molecule has 3 heterocycles. The minimum Gasteiger partial charge on any atom is -0.476 e. The van der Waals surface area contributed by atoms with Gasteiger partial charge in [-0.05, 0) is 23.6 Å². The van der Waals surface area contributed by atoms with Crippen molar-refractivity contribution in [1.82, 2.24) is 15.2 Å². The molecule has 3 rings (SSSR count). The average molecular weight is 380 g/mol. The van der Waals surface area contributed by atoms with Crippen molar-refractivity contribution in [2.45, 2.75) is 0 Å². The van der Waals surface area contributed by atoms with Crippen LogP contribution in [0.15, 0.2) is 40.8 Å². The molecule has 0 amide bonds. The molecule has 1 fully saturated rings. The number of aliphatic imine (C=N–C) groups is 1. The Morgan fingerprint density at radius 3 is 2.80 bits per heavy atom. The van der Waals surface area contributed by atoms with Gasteiger partial charge in [-0.25, -0.2) is 4.98 Å². The summed E-state index contributed by atoms with van der Waals surface area (Å²) in [6.45, 7) is 5.11. The number of halogens is 1. The van der Waals surface area contributed by atoms with Gasteiger partial charge in [-0.15, -0.1) is 11.3 Å². The van der Waals surface area contributed by atoms with E-state index in [4.69, 9.17) is 16.3 Å². The van der Waals surface area contributed by atoms with Crippen LogP contribution in [0.1, 0.15) is 0 Å². The van der Waals surface area contributed by atoms with E-state index >= 15 is 0 Å². The second-order valence-corrected chi connectivity index (χ2v) is 6.93. The lowest BCUT2D eigenvalue weighted by atomic mass is 10.3. The number of aromatic nitrogens is 1. The molecule has 8 heteroatoms. The summed E-state index contributed by atoms with van der Waals surface area (Å²) >= 11 is 7.60. The monoisotopic (exact) mass is 379 g/mol. The van der Waals surface area contributed by atoms with Crippen LogP contribution in [0.4, 0.5) is 5.00 Å². The van der Waals surface area contributed by atoms with Crippen molar-refractivity contribution >= 4 is 33.9 Å². The Labute approximate surface area is 157 Å². The zero-order valence-corrected chi connectivity index (χ0v) is 15.8. The zero-order valence-electron chi connectivity index (χ0n) is 14.2. The van der Waals surface area contributed by atoms with Gasteiger partial charge in [-0.2, -0.15) is 0 Å². The van der Waals surface area contributed by atoms with E-state index in [0.29, 0.717) is 24.1 Å². The minimum absolute atomic E-state index is 0.517. The third-order valence-electron chi connectivity index (χ3n) is 3.94. The fraction of sp³-hybridized carbons (Fsp3) is 0.412. The molecular formula is C17H22ClN5OS. The van der Waals surface area contributed by atoms with Gasteiger partial charge < -0.3 is 19.9 Å². The van der Waals surface area contributed by atoms with Crippen molar-refractivity contribution in [2.24, 2.45) is 4.99 Å². The van der Waals surface area contributed by atoms with Crippen molar-refractivity contribution in [2.75, 3.05) is 51.3 Å². The van der Waals surface area contributed by atoms with Crippen LogP contribution in [0.25, 0.3) is 0 Å². The molecule has 1 saturated heterocycles. The van der Waals surface area contributed by atoms with Crippen LogP contribution >= 0.6 is 22.9 Å². The van der Waals surface area contributed by atoms with E-state index in [2.05, 4.69) is 42.6 Å². The molecule has 0 radical (unpaired) electrons. The molecule has 0 unspecified atom stereocenters. The van der Waals surface area contributed by atoms with Crippen LogP contribution in [0.5, 0.6) is 5.88 Å². The van der Waals surface area contributed by atoms with Crippen molar-refractivity contribution in [3.63, 3.8) is 0 Å². The summed E-state index contributed by atoms with van der Waals surface area (Å²) in [5.74, 6) is 1.49. The Bertz CT molecular complexity index is 669. The lowest BCUT2D eigenvalue weighted by Gasteiger charge is -2.37. The summed E-state index contributed by atoms with van der Waals surface area (Å²) < 4.78 is 5.60. The van der Waals surface area contributed by atoms with Gasteiger partial charge in [0.05, 0.1) is 16.6 Å². The molecule has 1 N–H and O–H groups in total. The van der Waals surface area contributed by atoms with Gasteiger partial charge in [-0.1, -0.05) is 11.6 Å². The maximum atomic E-state index is 5.81. The van der Waals surface area contributed by atoms with Crippen LogP contribution in [0.3, 0.4) is 0 Å². The average Bonchev–Trinajstić information content (AvgIpc) is 3.18. The highest BCUT2D eigenvalue weighted by Gasteiger charge is 2.20. The first-order valence-corrected chi connectivity index (χ1v) is 9.50. The number of ether oxygens (including phenoxy) is 1. The topological polar surface area (TPSA) is 53.0 Å². The van der Waals surface area contributed by atoms with E-state index in [1.165, 1.54) is 5.00 Å². The normalized spacial score (nSPS) is 15.4.